The van der Waals surface area contributed by atoms with Crippen molar-refractivity contribution in [2.24, 2.45) is 5.92 Å². The van der Waals surface area contributed by atoms with Crippen molar-refractivity contribution in [2.75, 3.05) is 6.61 Å². The van der Waals surface area contributed by atoms with E-state index in [4.69, 9.17) is 9.16 Å². The van der Waals surface area contributed by atoms with Crippen LogP contribution in [0.1, 0.15) is 60.1 Å². The van der Waals surface area contributed by atoms with Gasteiger partial charge in [-0.15, -0.1) is 0 Å². The van der Waals surface area contributed by atoms with Gasteiger partial charge in [-0.3, -0.25) is 0 Å². The molecule has 0 saturated carbocycles. The van der Waals surface area contributed by atoms with Gasteiger partial charge in [-0.2, -0.15) is 0 Å². The summed E-state index contributed by atoms with van der Waals surface area (Å²) in [5.74, 6) is 0.124. The van der Waals surface area contributed by atoms with E-state index in [-0.39, 0.29) is 17.0 Å². The van der Waals surface area contributed by atoms with Crippen molar-refractivity contribution in [2.45, 2.75) is 78.2 Å². The molecule has 148 valence electrons. The topological polar surface area (TPSA) is 47.6 Å². The van der Waals surface area contributed by atoms with Gasteiger partial charge in [-0.05, 0) is 44.5 Å². The fourth-order valence-corrected chi connectivity index (χ4v) is 3.41. The monoisotopic (exact) mass is 379 g/mol. The number of amides is 1. The van der Waals surface area contributed by atoms with Gasteiger partial charge in [0.2, 0.25) is 0 Å². The predicted octanol–water partition coefficient (Wildman–Crippen LogP) is 5.91. The van der Waals surface area contributed by atoms with Crippen LogP contribution in [0.2, 0.25) is 18.1 Å². The maximum atomic E-state index is 12.3. The molecular formula is C21H37NO3Si. The zero-order chi connectivity index (χ0) is 20.2. The molecule has 0 fully saturated rings. The summed E-state index contributed by atoms with van der Waals surface area (Å²) in [7, 11) is -1.84. The third kappa shape index (κ3) is 7.12. The number of ether oxygens (including phenoxy) is 1. The number of hydrogen-bond donors (Lipinski definition) is 1. The highest BCUT2D eigenvalue weighted by Gasteiger charge is 2.38. The molecule has 4 nitrogen and oxygen atoms in total. The Hall–Kier alpha value is -1.33. The van der Waals surface area contributed by atoms with Crippen molar-refractivity contribution in [3.05, 3.63) is 35.9 Å². The van der Waals surface area contributed by atoms with Gasteiger partial charge in [0.25, 0.3) is 0 Å². The molecule has 0 aliphatic carbocycles. The van der Waals surface area contributed by atoms with E-state index in [1.807, 2.05) is 51.1 Å². The molecule has 0 aliphatic rings. The van der Waals surface area contributed by atoms with Crippen LogP contribution in [0, 0.1) is 5.92 Å². The Labute approximate surface area is 160 Å². The maximum absolute atomic E-state index is 12.3. The second-order valence-corrected chi connectivity index (χ2v) is 14.4. The SMILES string of the molecule is C[C@H](CO[Si](C)(C)C(C)(C)C)[C@@H](NC(=O)OC(C)(C)C)c1ccccc1. The lowest BCUT2D eigenvalue weighted by atomic mass is 9.95. The van der Waals surface area contributed by atoms with E-state index >= 15 is 0 Å². The van der Waals surface area contributed by atoms with Crippen LogP contribution in [0.5, 0.6) is 0 Å². The van der Waals surface area contributed by atoms with E-state index in [0.717, 1.165) is 5.56 Å². The van der Waals surface area contributed by atoms with Gasteiger partial charge >= 0.3 is 6.09 Å². The Bertz CT molecular complexity index is 573. The summed E-state index contributed by atoms with van der Waals surface area (Å²) in [5.41, 5.74) is 0.538. The molecule has 0 spiro atoms. The fourth-order valence-electron chi connectivity index (χ4n) is 2.30. The van der Waals surface area contributed by atoms with Gasteiger partial charge in [0.15, 0.2) is 8.32 Å². The number of nitrogens with one attached hydrogen (secondary N) is 1. The van der Waals surface area contributed by atoms with Crippen LogP contribution in [0.4, 0.5) is 4.79 Å². The molecular weight excluding hydrogens is 342 g/mol. The number of benzene rings is 1. The summed E-state index contributed by atoms with van der Waals surface area (Å²) in [6.45, 7) is 19.5. The molecule has 0 aliphatic heterocycles. The molecule has 0 aromatic heterocycles. The van der Waals surface area contributed by atoms with Crippen LogP contribution in [-0.2, 0) is 9.16 Å². The van der Waals surface area contributed by atoms with Crippen LogP contribution in [0.25, 0.3) is 0 Å². The Morgan fingerprint density at radius 1 is 1.08 bits per heavy atom. The highest BCUT2D eigenvalue weighted by Crippen LogP contribution is 2.37. The molecule has 0 heterocycles. The lowest BCUT2D eigenvalue weighted by molar-refractivity contribution is 0.0476. The van der Waals surface area contributed by atoms with Gasteiger partial charge in [-0.1, -0.05) is 58.0 Å². The van der Waals surface area contributed by atoms with Crippen molar-refractivity contribution in [1.82, 2.24) is 5.32 Å². The Balaban J connectivity index is 2.90. The minimum Gasteiger partial charge on any atom is -0.444 e. The first kappa shape index (κ1) is 22.7. The lowest BCUT2D eigenvalue weighted by Crippen LogP contribution is -2.44. The first-order chi connectivity index (χ1) is 11.7. The van der Waals surface area contributed by atoms with Gasteiger partial charge < -0.3 is 14.5 Å². The number of rotatable bonds is 6. The molecule has 0 saturated heterocycles. The zero-order valence-corrected chi connectivity index (χ0v) is 19.0. The van der Waals surface area contributed by atoms with Crippen LogP contribution >= 0.6 is 0 Å². The minimum absolute atomic E-state index is 0.124. The van der Waals surface area contributed by atoms with E-state index < -0.39 is 20.0 Å². The van der Waals surface area contributed by atoms with Gasteiger partial charge in [0.1, 0.15) is 5.60 Å². The average Bonchev–Trinajstić information content (AvgIpc) is 2.48. The van der Waals surface area contributed by atoms with Crippen molar-refractivity contribution in [1.29, 1.82) is 0 Å². The third-order valence-corrected chi connectivity index (χ3v) is 9.41. The Kier molecular flexibility index (Phi) is 7.49. The largest absolute Gasteiger partial charge is 0.444 e. The molecule has 2 atom stereocenters. The summed E-state index contributed by atoms with van der Waals surface area (Å²) in [6, 6.07) is 9.86. The summed E-state index contributed by atoms with van der Waals surface area (Å²) in [6.07, 6.45) is -0.398. The smallest absolute Gasteiger partial charge is 0.408 e. The van der Waals surface area contributed by atoms with Gasteiger partial charge in [-0.25, -0.2) is 4.79 Å². The molecule has 26 heavy (non-hydrogen) atoms. The lowest BCUT2D eigenvalue weighted by Gasteiger charge is -2.38. The number of alkyl carbamates (subject to hydrolysis) is 1. The molecule has 1 aromatic carbocycles. The summed E-state index contributed by atoms with van der Waals surface area (Å²) < 4.78 is 11.8. The Morgan fingerprint density at radius 3 is 2.08 bits per heavy atom. The molecule has 1 aromatic rings. The normalized spacial score (nSPS) is 15.3. The third-order valence-electron chi connectivity index (χ3n) is 4.91. The van der Waals surface area contributed by atoms with Gasteiger partial charge in [0.05, 0.1) is 6.04 Å². The predicted molar refractivity (Wildman–Crippen MR) is 111 cm³/mol. The van der Waals surface area contributed by atoms with Crippen molar-refractivity contribution in [3.63, 3.8) is 0 Å². The number of carbonyl (C=O) groups excluding carboxylic acids is 1. The summed E-state index contributed by atoms with van der Waals surface area (Å²) >= 11 is 0. The molecule has 0 bridgehead atoms. The molecule has 1 N–H and O–H groups in total. The molecule has 1 amide bonds. The molecule has 0 unspecified atom stereocenters. The van der Waals surface area contributed by atoms with Crippen LogP contribution in [-0.4, -0.2) is 26.6 Å². The van der Waals surface area contributed by atoms with Crippen LogP contribution < -0.4 is 5.32 Å². The van der Waals surface area contributed by atoms with Crippen molar-refractivity contribution >= 4 is 14.4 Å². The highest BCUT2D eigenvalue weighted by atomic mass is 28.4. The Morgan fingerprint density at radius 2 is 1.62 bits per heavy atom. The first-order valence-electron chi connectivity index (χ1n) is 9.41. The fraction of sp³-hybridized carbons (Fsp3) is 0.667. The second kappa shape index (κ2) is 8.57. The first-order valence-corrected chi connectivity index (χ1v) is 12.3. The van der Waals surface area contributed by atoms with E-state index in [0.29, 0.717) is 6.61 Å². The quantitative estimate of drug-likeness (QED) is 0.625. The minimum atomic E-state index is -1.84. The number of hydrogen-bond acceptors (Lipinski definition) is 3. The van der Waals surface area contributed by atoms with Crippen molar-refractivity contribution < 1.29 is 14.0 Å². The van der Waals surface area contributed by atoms with Crippen LogP contribution in [0.15, 0.2) is 30.3 Å². The van der Waals surface area contributed by atoms with Crippen LogP contribution in [0.3, 0.4) is 0 Å². The molecule has 0 radical (unpaired) electrons. The maximum Gasteiger partial charge on any atom is 0.408 e. The highest BCUT2D eigenvalue weighted by molar-refractivity contribution is 6.74. The van der Waals surface area contributed by atoms with Gasteiger partial charge in [0, 0.05) is 12.5 Å². The van der Waals surface area contributed by atoms with Crippen molar-refractivity contribution in [3.8, 4) is 0 Å². The average molecular weight is 380 g/mol. The van der Waals surface area contributed by atoms with E-state index in [1.54, 1.807) is 0 Å². The standard InChI is InChI=1S/C21H37NO3Si/c1-16(15-24-26(8,9)21(5,6)7)18(17-13-11-10-12-14-17)22-19(23)25-20(2,3)4/h10-14,16,18H,15H2,1-9H3,(H,22,23)/t16-,18-/m1/s1. The van der Waals surface area contributed by atoms with E-state index in [1.165, 1.54) is 0 Å². The molecule has 1 rings (SSSR count). The van der Waals surface area contributed by atoms with E-state index in [2.05, 4.69) is 46.1 Å². The second-order valence-electron chi connectivity index (χ2n) is 9.58. The summed E-state index contributed by atoms with van der Waals surface area (Å²) in [4.78, 5) is 12.3. The number of carbonyl (C=O) groups is 1. The zero-order valence-electron chi connectivity index (χ0n) is 18.0. The summed E-state index contributed by atoms with van der Waals surface area (Å²) in [5, 5.41) is 3.20. The molecule has 5 heteroatoms. The van der Waals surface area contributed by atoms with E-state index in [9.17, 15) is 4.79 Å².